The van der Waals surface area contributed by atoms with E-state index in [0.717, 1.165) is 19.6 Å². The zero-order chi connectivity index (χ0) is 13.4. The average molecular weight is 268 g/mol. The first-order valence-corrected chi connectivity index (χ1v) is 8.05. The van der Waals surface area contributed by atoms with E-state index in [4.69, 9.17) is 0 Å². The average Bonchev–Trinajstić information content (AvgIpc) is 2.86. The molecular formula is C15H28N2S. The van der Waals surface area contributed by atoms with E-state index < -0.39 is 0 Å². The Bertz CT molecular complexity index is 297. The van der Waals surface area contributed by atoms with E-state index >= 15 is 0 Å². The van der Waals surface area contributed by atoms with Gasteiger partial charge in [0.2, 0.25) is 0 Å². The second-order valence-corrected chi connectivity index (χ2v) is 6.12. The Morgan fingerprint density at radius 2 is 2.11 bits per heavy atom. The Morgan fingerprint density at radius 3 is 2.67 bits per heavy atom. The van der Waals surface area contributed by atoms with E-state index in [1.807, 2.05) is 11.3 Å². The molecule has 2 nitrogen and oxygen atoms in total. The highest BCUT2D eigenvalue weighted by Crippen LogP contribution is 2.13. The molecular weight excluding hydrogens is 240 g/mol. The minimum absolute atomic E-state index is 0.594. The number of thiophene rings is 1. The standard InChI is InChI=1S/C15H28N2S/c1-5-8-13(3)16-11-14(4)17(6-2)12-15-9-7-10-18-15/h7,9-10,13-14,16H,5-6,8,11-12H2,1-4H3. The smallest absolute Gasteiger partial charge is 0.0331 e. The molecule has 1 aromatic heterocycles. The van der Waals surface area contributed by atoms with E-state index in [2.05, 4.69) is 55.4 Å². The third-order valence-electron chi connectivity index (χ3n) is 3.45. The number of hydrogen-bond donors (Lipinski definition) is 1. The highest BCUT2D eigenvalue weighted by Gasteiger charge is 2.13. The van der Waals surface area contributed by atoms with Crippen molar-refractivity contribution >= 4 is 11.3 Å². The summed E-state index contributed by atoms with van der Waals surface area (Å²) in [6.07, 6.45) is 2.53. The van der Waals surface area contributed by atoms with Crippen LogP contribution in [-0.4, -0.2) is 30.1 Å². The Hall–Kier alpha value is -0.380. The maximum atomic E-state index is 3.64. The highest BCUT2D eigenvalue weighted by atomic mass is 32.1. The van der Waals surface area contributed by atoms with Crippen molar-refractivity contribution in [2.24, 2.45) is 0 Å². The third kappa shape index (κ3) is 5.51. The fourth-order valence-corrected chi connectivity index (χ4v) is 2.95. The number of nitrogens with one attached hydrogen (secondary N) is 1. The van der Waals surface area contributed by atoms with Gasteiger partial charge >= 0.3 is 0 Å². The lowest BCUT2D eigenvalue weighted by molar-refractivity contribution is 0.203. The molecule has 0 aliphatic carbocycles. The van der Waals surface area contributed by atoms with Gasteiger partial charge in [0.05, 0.1) is 0 Å². The van der Waals surface area contributed by atoms with Gasteiger partial charge in [0.15, 0.2) is 0 Å². The Morgan fingerprint density at radius 1 is 1.33 bits per heavy atom. The summed E-state index contributed by atoms with van der Waals surface area (Å²) in [5.74, 6) is 0. The molecule has 1 heterocycles. The summed E-state index contributed by atoms with van der Waals surface area (Å²) < 4.78 is 0. The second-order valence-electron chi connectivity index (χ2n) is 5.09. The van der Waals surface area contributed by atoms with Gasteiger partial charge in [-0.15, -0.1) is 11.3 Å². The summed E-state index contributed by atoms with van der Waals surface area (Å²) in [5.41, 5.74) is 0. The molecule has 3 heteroatoms. The molecule has 2 atom stereocenters. The number of likely N-dealkylation sites (N-methyl/N-ethyl adjacent to an activating group) is 1. The maximum absolute atomic E-state index is 3.64. The van der Waals surface area contributed by atoms with Gasteiger partial charge in [0, 0.05) is 30.1 Å². The zero-order valence-electron chi connectivity index (χ0n) is 12.3. The summed E-state index contributed by atoms with van der Waals surface area (Å²) in [4.78, 5) is 4.00. The van der Waals surface area contributed by atoms with Crippen LogP contribution in [0, 0.1) is 0 Å². The monoisotopic (exact) mass is 268 g/mol. The van der Waals surface area contributed by atoms with Crippen molar-refractivity contribution in [2.75, 3.05) is 13.1 Å². The van der Waals surface area contributed by atoms with Crippen molar-refractivity contribution < 1.29 is 0 Å². The van der Waals surface area contributed by atoms with Crippen molar-refractivity contribution in [2.45, 2.75) is 59.2 Å². The lowest BCUT2D eigenvalue weighted by atomic mass is 10.2. The van der Waals surface area contributed by atoms with Gasteiger partial charge in [-0.3, -0.25) is 4.90 Å². The van der Waals surface area contributed by atoms with Crippen LogP contribution in [0.5, 0.6) is 0 Å². The molecule has 0 saturated heterocycles. The maximum Gasteiger partial charge on any atom is 0.0331 e. The first kappa shape index (κ1) is 15.7. The van der Waals surface area contributed by atoms with Crippen LogP contribution >= 0.6 is 11.3 Å². The molecule has 0 bridgehead atoms. The molecule has 1 N–H and O–H groups in total. The molecule has 0 saturated carbocycles. The first-order valence-electron chi connectivity index (χ1n) is 7.17. The third-order valence-corrected chi connectivity index (χ3v) is 4.31. The van der Waals surface area contributed by atoms with Gasteiger partial charge in [-0.2, -0.15) is 0 Å². The molecule has 104 valence electrons. The summed E-state index contributed by atoms with van der Waals surface area (Å²) in [6, 6.07) is 5.60. The van der Waals surface area contributed by atoms with Gasteiger partial charge in [-0.25, -0.2) is 0 Å². The first-order chi connectivity index (χ1) is 8.67. The van der Waals surface area contributed by atoms with Crippen molar-refractivity contribution in [1.82, 2.24) is 10.2 Å². The van der Waals surface area contributed by atoms with Crippen LogP contribution in [0.3, 0.4) is 0 Å². The van der Waals surface area contributed by atoms with Crippen molar-refractivity contribution in [1.29, 1.82) is 0 Å². The summed E-state index contributed by atoms with van der Waals surface area (Å²) in [7, 11) is 0. The minimum Gasteiger partial charge on any atom is -0.313 e. The van der Waals surface area contributed by atoms with Crippen LogP contribution in [0.4, 0.5) is 0 Å². The summed E-state index contributed by atoms with van der Waals surface area (Å²) in [6.45, 7) is 12.4. The zero-order valence-corrected chi connectivity index (χ0v) is 13.1. The predicted molar refractivity (Wildman–Crippen MR) is 82.2 cm³/mol. The molecule has 0 aliphatic rings. The Labute approximate surface area is 116 Å². The normalized spacial score (nSPS) is 14.9. The Balaban J connectivity index is 2.35. The molecule has 0 aliphatic heterocycles. The predicted octanol–water partition coefficient (Wildman–Crippen LogP) is 3.74. The van der Waals surface area contributed by atoms with E-state index in [9.17, 15) is 0 Å². The van der Waals surface area contributed by atoms with Gasteiger partial charge < -0.3 is 5.32 Å². The molecule has 18 heavy (non-hydrogen) atoms. The van der Waals surface area contributed by atoms with E-state index in [1.165, 1.54) is 17.7 Å². The molecule has 1 aromatic rings. The van der Waals surface area contributed by atoms with E-state index in [0.29, 0.717) is 12.1 Å². The topological polar surface area (TPSA) is 15.3 Å². The minimum atomic E-state index is 0.594. The van der Waals surface area contributed by atoms with Crippen molar-refractivity contribution in [3.05, 3.63) is 22.4 Å². The van der Waals surface area contributed by atoms with E-state index in [-0.39, 0.29) is 0 Å². The molecule has 1 rings (SSSR count). The van der Waals surface area contributed by atoms with Crippen LogP contribution < -0.4 is 5.32 Å². The quantitative estimate of drug-likeness (QED) is 0.734. The molecule has 0 radical (unpaired) electrons. The lowest BCUT2D eigenvalue weighted by Crippen LogP contribution is -2.42. The number of nitrogens with zero attached hydrogens (tertiary/aromatic N) is 1. The van der Waals surface area contributed by atoms with Gasteiger partial charge in [-0.1, -0.05) is 26.3 Å². The lowest BCUT2D eigenvalue weighted by Gasteiger charge is -2.28. The highest BCUT2D eigenvalue weighted by molar-refractivity contribution is 7.09. The summed E-state index contributed by atoms with van der Waals surface area (Å²) >= 11 is 1.85. The molecule has 0 fully saturated rings. The summed E-state index contributed by atoms with van der Waals surface area (Å²) in [5, 5.41) is 5.80. The fourth-order valence-electron chi connectivity index (χ4n) is 2.22. The van der Waals surface area contributed by atoms with Crippen LogP contribution in [0.25, 0.3) is 0 Å². The molecule has 0 aromatic carbocycles. The van der Waals surface area contributed by atoms with Gasteiger partial charge in [0.25, 0.3) is 0 Å². The van der Waals surface area contributed by atoms with Crippen LogP contribution in [0.15, 0.2) is 17.5 Å². The molecule has 0 spiro atoms. The largest absolute Gasteiger partial charge is 0.313 e. The number of hydrogen-bond acceptors (Lipinski definition) is 3. The van der Waals surface area contributed by atoms with Gasteiger partial charge in [-0.05, 0) is 38.3 Å². The number of rotatable bonds is 9. The second kappa shape index (κ2) is 8.68. The van der Waals surface area contributed by atoms with Crippen LogP contribution in [0.2, 0.25) is 0 Å². The van der Waals surface area contributed by atoms with Crippen molar-refractivity contribution in [3.63, 3.8) is 0 Å². The molecule has 2 unspecified atom stereocenters. The Kier molecular flexibility index (Phi) is 7.56. The van der Waals surface area contributed by atoms with Gasteiger partial charge in [0.1, 0.15) is 0 Å². The van der Waals surface area contributed by atoms with E-state index in [1.54, 1.807) is 0 Å². The van der Waals surface area contributed by atoms with Crippen molar-refractivity contribution in [3.8, 4) is 0 Å². The fraction of sp³-hybridized carbons (Fsp3) is 0.733. The van der Waals surface area contributed by atoms with Crippen LogP contribution in [-0.2, 0) is 6.54 Å². The van der Waals surface area contributed by atoms with Crippen LogP contribution in [0.1, 0.15) is 45.4 Å². The molecule has 0 amide bonds. The SMILES string of the molecule is CCCC(C)NCC(C)N(CC)Cc1cccs1.